The van der Waals surface area contributed by atoms with Crippen LogP contribution < -0.4 is 0 Å². The Kier molecular flexibility index (Phi) is 24.2. The van der Waals surface area contributed by atoms with E-state index < -0.39 is 5.69 Å². The summed E-state index contributed by atoms with van der Waals surface area (Å²) in [5.74, 6) is 0. The number of unbranched alkanes of at least 4 members (excludes halogenated alkanes) is 10. The van der Waals surface area contributed by atoms with E-state index in [1.807, 2.05) is 0 Å². The molecule has 0 aliphatic heterocycles. The molecule has 0 aromatic heterocycles. The van der Waals surface area contributed by atoms with Crippen molar-refractivity contribution in [1.29, 1.82) is 0 Å². The summed E-state index contributed by atoms with van der Waals surface area (Å²) in [5.41, 5.74) is -2.29. The summed E-state index contributed by atoms with van der Waals surface area (Å²) in [6.07, 6.45) is 15.1. The maximum absolute atomic E-state index is 5.65. The van der Waals surface area contributed by atoms with Crippen LogP contribution in [0.25, 0.3) is 0 Å². The fraction of sp³-hybridized carbons (Fsp3) is 1.00. The van der Waals surface area contributed by atoms with Gasteiger partial charge in [-0.2, -0.15) is 0 Å². The molecule has 0 amide bonds. The van der Waals surface area contributed by atoms with Gasteiger partial charge in [-0.3, -0.25) is 0 Å². The zero-order valence-electron chi connectivity index (χ0n) is 15.0. The summed E-state index contributed by atoms with van der Waals surface area (Å²) < 4.78 is 11.3. The van der Waals surface area contributed by atoms with Gasteiger partial charge in [-0.15, -0.1) is 0 Å². The number of rotatable bonds is 16. The molecule has 0 unspecified atom stereocenters. The van der Waals surface area contributed by atoms with Crippen molar-refractivity contribution in [3.8, 4) is 0 Å². The van der Waals surface area contributed by atoms with Crippen LogP contribution in [0.3, 0.4) is 0 Å². The van der Waals surface area contributed by atoms with E-state index in [1.54, 1.807) is 0 Å². The van der Waals surface area contributed by atoms with Crippen molar-refractivity contribution >= 4 is 81.1 Å². The molecule has 0 bridgehead atoms. The van der Waals surface area contributed by atoms with Crippen LogP contribution in [0.15, 0.2) is 0 Å². The van der Waals surface area contributed by atoms with Crippen molar-refractivity contribution < 1.29 is 9.05 Å². The Hall–Kier alpha value is 2.56. The molecule has 0 aromatic rings. The summed E-state index contributed by atoms with van der Waals surface area (Å²) >= 11 is 9.70. The van der Waals surface area contributed by atoms with E-state index in [-0.39, 0.29) is 51.4 Å². The van der Waals surface area contributed by atoms with Crippen molar-refractivity contribution in [3.05, 3.63) is 0 Å². The van der Waals surface area contributed by atoms with Crippen LogP contribution in [0, 0.1) is 0 Å². The van der Waals surface area contributed by atoms with Gasteiger partial charge in [0.15, 0.2) is 0 Å². The van der Waals surface area contributed by atoms with Gasteiger partial charge in [0.2, 0.25) is 5.69 Å². The molecule has 0 rings (SSSR count). The summed E-state index contributed by atoms with van der Waals surface area (Å²) in [6.45, 7) is 5.87. The van der Waals surface area contributed by atoms with Gasteiger partial charge in [-0.1, -0.05) is 90.3 Å². The predicted octanol–water partition coefficient (Wildman–Crippen LogP) is 6.51. The van der Waals surface area contributed by atoms with Gasteiger partial charge in [0.1, 0.15) is 0 Å². The van der Waals surface area contributed by atoms with Gasteiger partial charge in [0.05, 0.1) is 13.2 Å². The summed E-state index contributed by atoms with van der Waals surface area (Å²) in [7, 11) is 0. The molecule has 0 aliphatic rings. The van der Waals surface area contributed by atoms with Crippen LogP contribution in [0.1, 0.15) is 90.9 Å². The topological polar surface area (TPSA) is 18.5 Å². The van der Waals surface area contributed by atoms with E-state index in [0.29, 0.717) is 13.2 Å². The third-order valence-corrected chi connectivity index (χ3v) is 5.85. The second-order valence-electron chi connectivity index (χ2n) is 5.67. The minimum absolute atomic E-state index is 0. The fourth-order valence-corrected chi connectivity index (χ4v) is 3.89. The first-order valence-electron chi connectivity index (χ1n) is 8.74. The van der Waals surface area contributed by atoms with E-state index >= 15 is 0 Å². The summed E-state index contributed by atoms with van der Waals surface area (Å²) in [6, 6.07) is 0. The molecular weight excluding hydrogens is 358 g/mol. The molecule has 2 nitrogen and oxygen atoms in total. The average Bonchev–Trinajstić information content (AvgIpc) is 2.45. The molecule has 0 fully saturated rings. The predicted molar refractivity (Wildman–Crippen MR) is 108 cm³/mol. The quantitative estimate of drug-likeness (QED) is 0.139. The average molecular weight is 394 g/mol. The zero-order chi connectivity index (χ0) is 15.8. The largest absolute Gasteiger partial charge is 0.322 e. The monoisotopic (exact) mass is 393 g/mol. The molecular formula is C16H35KO2PS2. The molecule has 0 heterocycles. The molecule has 22 heavy (non-hydrogen) atoms. The van der Waals surface area contributed by atoms with Gasteiger partial charge in [-0.05, 0) is 24.6 Å². The Balaban J connectivity index is 0. The van der Waals surface area contributed by atoms with E-state index in [1.165, 1.54) is 64.2 Å². The first kappa shape index (κ1) is 26.8. The van der Waals surface area contributed by atoms with Gasteiger partial charge in [0, 0.05) is 51.4 Å². The summed E-state index contributed by atoms with van der Waals surface area (Å²) in [5, 5.41) is 0. The van der Waals surface area contributed by atoms with Crippen molar-refractivity contribution in [2.75, 3.05) is 13.2 Å². The van der Waals surface area contributed by atoms with Crippen LogP contribution in [-0.4, -0.2) is 64.6 Å². The normalized spacial score (nSPS) is 11.4. The Morgan fingerprint density at radius 3 is 1.36 bits per heavy atom. The maximum atomic E-state index is 5.65. The van der Waals surface area contributed by atoms with Crippen molar-refractivity contribution in [2.24, 2.45) is 0 Å². The molecule has 0 aromatic carbocycles. The van der Waals surface area contributed by atoms with E-state index in [4.69, 9.17) is 20.9 Å². The second kappa shape index (κ2) is 19.9. The van der Waals surface area contributed by atoms with Gasteiger partial charge in [0.25, 0.3) is 0 Å². The molecule has 0 N–H and O–H groups in total. The smallest absolute Gasteiger partial charge is 0.244 e. The zero-order valence-corrected chi connectivity index (χ0v) is 20.7. The summed E-state index contributed by atoms with van der Waals surface area (Å²) in [4.78, 5) is 0. The van der Waals surface area contributed by atoms with Crippen LogP contribution >= 0.6 is 17.9 Å². The maximum Gasteiger partial charge on any atom is 0.244 e. The number of hydrogen-bond acceptors (Lipinski definition) is 3. The van der Waals surface area contributed by atoms with Crippen LogP contribution in [0.4, 0.5) is 0 Å². The molecule has 1 radical (unpaired) electrons. The molecule has 0 spiro atoms. The molecule has 0 aliphatic carbocycles. The van der Waals surface area contributed by atoms with Crippen LogP contribution in [0.5, 0.6) is 0 Å². The first-order valence-corrected chi connectivity index (χ1v) is 12.5. The minimum Gasteiger partial charge on any atom is -0.322 e. The van der Waals surface area contributed by atoms with Gasteiger partial charge >= 0.3 is 0 Å². The van der Waals surface area contributed by atoms with E-state index in [2.05, 4.69) is 26.1 Å². The Bertz CT molecular complexity index is 247. The van der Waals surface area contributed by atoms with Gasteiger partial charge in [-0.25, -0.2) is 0 Å². The van der Waals surface area contributed by atoms with Crippen molar-refractivity contribution in [3.63, 3.8) is 0 Å². The standard InChI is InChI=1S/C16H35O2PS2.K/c1-3-5-7-9-11-13-15-17-19(20,21)18-16-14-12-10-8-6-4-2;/h3-16H2,1-2H3,(H,20,21);. The second-order valence-corrected chi connectivity index (χ2v) is 11.0. The SMILES string of the molecule is CCCCCCCCOP(=S)(S)OCCCCCCCC.[K]. The van der Waals surface area contributed by atoms with Gasteiger partial charge < -0.3 is 9.05 Å². The molecule has 129 valence electrons. The first-order chi connectivity index (χ1) is 10.1. The fourth-order valence-electron chi connectivity index (χ4n) is 2.16. The van der Waals surface area contributed by atoms with Crippen LogP contribution in [0.2, 0.25) is 0 Å². The third-order valence-electron chi connectivity index (χ3n) is 3.50. The Labute approximate surface area is 192 Å². The number of thiol groups is 1. The molecule has 0 saturated carbocycles. The van der Waals surface area contributed by atoms with Crippen LogP contribution in [-0.2, 0) is 20.9 Å². The molecule has 6 heteroatoms. The number of hydrogen-bond donors (Lipinski definition) is 1. The van der Waals surface area contributed by atoms with Crippen molar-refractivity contribution in [2.45, 2.75) is 90.9 Å². The molecule has 0 atom stereocenters. The third kappa shape index (κ3) is 20.6. The van der Waals surface area contributed by atoms with E-state index in [9.17, 15) is 0 Å². The Morgan fingerprint density at radius 1 is 0.682 bits per heavy atom. The van der Waals surface area contributed by atoms with Crippen molar-refractivity contribution in [1.82, 2.24) is 0 Å². The Morgan fingerprint density at radius 2 is 1.00 bits per heavy atom. The minimum atomic E-state index is -2.29. The molecule has 0 saturated heterocycles. The van der Waals surface area contributed by atoms with E-state index in [0.717, 1.165) is 12.8 Å².